The van der Waals surface area contributed by atoms with Crippen molar-refractivity contribution in [2.75, 3.05) is 13.2 Å². The number of carbonyl (C=O) groups excluding carboxylic acids is 4. The lowest BCUT2D eigenvalue weighted by Gasteiger charge is -2.13. The van der Waals surface area contributed by atoms with E-state index in [0.717, 1.165) is 16.9 Å². The maximum absolute atomic E-state index is 12.8. The molecule has 0 aliphatic carbocycles. The van der Waals surface area contributed by atoms with E-state index >= 15 is 0 Å². The Kier molecular flexibility index (Phi) is 6.60. The molecule has 3 aromatic rings. The second-order valence-electron chi connectivity index (χ2n) is 7.20. The standard InChI is InChI=1S/C24H20N2O6S/c1-2-31-24(30)20-25-17(14-33-20)13-32-23(29)16-8-9-18-19(12-16)22(28)26(21(18)27)11-10-15-6-4-3-5-7-15/h3-9,12,14H,2,10-11,13H2,1H3. The molecule has 0 N–H and O–H groups in total. The first-order valence-corrected chi connectivity index (χ1v) is 11.2. The minimum Gasteiger partial charge on any atom is -0.461 e. The van der Waals surface area contributed by atoms with Crippen LogP contribution < -0.4 is 0 Å². The third-order valence-electron chi connectivity index (χ3n) is 5.03. The number of ether oxygens (including phenoxy) is 2. The van der Waals surface area contributed by atoms with Crippen LogP contribution in [0.4, 0.5) is 0 Å². The van der Waals surface area contributed by atoms with Crippen molar-refractivity contribution < 1.29 is 28.7 Å². The van der Waals surface area contributed by atoms with E-state index in [9.17, 15) is 19.2 Å². The predicted molar refractivity (Wildman–Crippen MR) is 119 cm³/mol. The Bertz CT molecular complexity index is 1220. The van der Waals surface area contributed by atoms with Gasteiger partial charge < -0.3 is 9.47 Å². The lowest BCUT2D eigenvalue weighted by molar-refractivity contribution is 0.0467. The first kappa shape index (κ1) is 22.3. The highest BCUT2D eigenvalue weighted by molar-refractivity contribution is 7.11. The summed E-state index contributed by atoms with van der Waals surface area (Å²) < 4.78 is 10.2. The summed E-state index contributed by atoms with van der Waals surface area (Å²) in [7, 11) is 0. The normalized spacial score (nSPS) is 12.6. The number of rotatable bonds is 8. The fourth-order valence-electron chi connectivity index (χ4n) is 3.39. The Morgan fingerprint density at radius 1 is 0.970 bits per heavy atom. The van der Waals surface area contributed by atoms with Crippen LogP contribution in [0.1, 0.15) is 59.1 Å². The third kappa shape index (κ3) is 4.83. The van der Waals surface area contributed by atoms with Crippen molar-refractivity contribution in [1.82, 2.24) is 9.88 Å². The summed E-state index contributed by atoms with van der Waals surface area (Å²) in [6.45, 7) is 2.06. The van der Waals surface area contributed by atoms with Crippen molar-refractivity contribution in [3.05, 3.63) is 86.9 Å². The minimum atomic E-state index is -0.661. The van der Waals surface area contributed by atoms with E-state index in [4.69, 9.17) is 9.47 Å². The second kappa shape index (κ2) is 9.74. The number of fused-ring (bicyclic) bond motifs is 1. The van der Waals surface area contributed by atoms with Gasteiger partial charge in [-0.15, -0.1) is 11.3 Å². The average Bonchev–Trinajstić information content (AvgIpc) is 3.40. The molecular weight excluding hydrogens is 444 g/mol. The molecular formula is C24H20N2O6S. The molecule has 0 bridgehead atoms. The number of hydrogen-bond acceptors (Lipinski definition) is 8. The van der Waals surface area contributed by atoms with E-state index in [0.29, 0.717) is 12.1 Å². The molecule has 8 nitrogen and oxygen atoms in total. The molecule has 0 fully saturated rings. The van der Waals surface area contributed by atoms with E-state index < -0.39 is 17.8 Å². The van der Waals surface area contributed by atoms with Gasteiger partial charge in [-0.2, -0.15) is 0 Å². The van der Waals surface area contributed by atoms with Crippen molar-refractivity contribution >= 4 is 35.1 Å². The van der Waals surface area contributed by atoms with Crippen LogP contribution in [0.15, 0.2) is 53.9 Å². The quantitative estimate of drug-likeness (QED) is 0.371. The van der Waals surface area contributed by atoms with Gasteiger partial charge in [-0.05, 0) is 37.1 Å². The summed E-state index contributed by atoms with van der Waals surface area (Å²) in [6.07, 6.45) is 0.544. The van der Waals surface area contributed by atoms with Gasteiger partial charge >= 0.3 is 11.9 Å². The van der Waals surface area contributed by atoms with E-state index in [1.807, 2.05) is 30.3 Å². The number of carbonyl (C=O) groups is 4. The maximum atomic E-state index is 12.8. The number of amides is 2. The Balaban J connectivity index is 1.40. The highest BCUT2D eigenvalue weighted by Crippen LogP contribution is 2.25. The molecule has 0 saturated carbocycles. The van der Waals surface area contributed by atoms with Crippen LogP contribution in [0.2, 0.25) is 0 Å². The minimum absolute atomic E-state index is 0.137. The largest absolute Gasteiger partial charge is 0.461 e. The highest BCUT2D eigenvalue weighted by atomic mass is 32.1. The zero-order valence-corrected chi connectivity index (χ0v) is 18.6. The van der Waals surface area contributed by atoms with Gasteiger partial charge in [-0.25, -0.2) is 14.6 Å². The Hall–Kier alpha value is -3.85. The predicted octanol–water partition coefficient (Wildman–Crippen LogP) is 3.52. The average molecular weight is 464 g/mol. The number of imide groups is 1. The van der Waals surface area contributed by atoms with E-state index in [1.54, 1.807) is 12.3 Å². The highest BCUT2D eigenvalue weighted by Gasteiger charge is 2.35. The molecule has 33 heavy (non-hydrogen) atoms. The number of thiazole rings is 1. The van der Waals surface area contributed by atoms with Gasteiger partial charge in [0.1, 0.15) is 6.61 Å². The van der Waals surface area contributed by atoms with Gasteiger partial charge in [0.2, 0.25) is 5.01 Å². The smallest absolute Gasteiger partial charge is 0.367 e. The first-order chi connectivity index (χ1) is 16.0. The molecule has 168 valence electrons. The van der Waals surface area contributed by atoms with Gasteiger partial charge in [0.15, 0.2) is 0 Å². The van der Waals surface area contributed by atoms with Crippen LogP contribution >= 0.6 is 11.3 Å². The van der Waals surface area contributed by atoms with Crippen molar-refractivity contribution in [3.8, 4) is 0 Å². The fourth-order valence-corrected chi connectivity index (χ4v) is 4.08. The van der Waals surface area contributed by atoms with Crippen molar-refractivity contribution in [2.45, 2.75) is 20.0 Å². The van der Waals surface area contributed by atoms with E-state index in [-0.39, 0.29) is 47.4 Å². The number of hydrogen-bond donors (Lipinski definition) is 0. The van der Waals surface area contributed by atoms with Gasteiger partial charge in [0, 0.05) is 11.9 Å². The molecule has 0 atom stereocenters. The van der Waals surface area contributed by atoms with Crippen molar-refractivity contribution in [2.24, 2.45) is 0 Å². The molecule has 9 heteroatoms. The van der Waals surface area contributed by atoms with E-state index in [1.165, 1.54) is 23.1 Å². The molecule has 0 spiro atoms. The Morgan fingerprint density at radius 2 is 1.73 bits per heavy atom. The molecule has 4 rings (SSSR count). The number of nitrogens with zero attached hydrogens (tertiary/aromatic N) is 2. The molecule has 1 aromatic heterocycles. The van der Waals surface area contributed by atoms with Crippen molar-refractivity contribution in [3.63, 3.8) is 0 Å². The lowest BCUT2D eigenvalue weighted by Crippen LogP contribution is -2.31. The maximum Gasteiger partial charge on any atom is 0.367 e. The summed E-state index contributed by atoms with van der Waals surface area (Å²) in [4.78, 5) is 54.9. The van der Waals surface area contributed by atoms with Crippen LogP contribution in [-0.2, 0) is 22.5 Å². The summed E-state index contributed by atoms with van der Waals surface area (Å²) in [5.41, 5.74) is 2.03. The molecule has 2 heterocycles. The first-order valence-electron chi connectivity index (χ1n) is 10.3. The molecule has 2 aromatic carbocycles. The van der Waals surface area contributed by atoms with Gasteiger partial charge in [-0.1, -0.05) is 30.3 Å². The van der Waals surface area contributed by atoms with Crippen LogP contribution in [0.25, 0.3) is 0 Å². The van der Waals surface area contributed by atoms with Gasteiger partial charge in [0.25, 0.3) is 11.8 Å². The Labute approximate surface area is 193 Å². The van der Waals surface area contributed by atoms with Crippen molar-refractivity contribution in [1.29, 1.82) is 0 Å². The SMILES string of the molecule is CCOC(=O)c1nc(COC(=O)c2ccc3c(c2)C(=O)N(CCc2ccccc2)C3=O)cs1. The fraction of sp³-hybridized carbons (Fsp3) is 0.208. The van der Waals surface area contributed by atoms with Crippen LogP contribution in [0.3, 0.4) is 0 Å². The van der Waals surface area contributed by atoms with Crippen LogP contribution in [0.5, 0.6) is 0 Å². The molecule has 0 saturated heterocycles. The van der Waals surface area contributed by atoms with Crippen LogP contribution in [0, 0.1) is 0 Å². The van der Waals surface area contributed by atoms with E-state index in [2.05, 4.69) is 4.98 Å². The molecule has 0 unspecified atom stereocenters. The van der Waals surface area contributed by atoms with Crippen LogP contribution in [-0.4, -0.2) is 46.8 Å². The topological polar surface area (TPSA) is 103 Å². The summed E-state index contributed by atoms with van der Waals surface area (Å²) in [6, 6.07) is 13.9. The second-order valence-corrected chi connectivity index (χ2v) is 8.06. The lowest BCUT2D eigenvalue weighted by atomic mass is 10.1. The molecule has 1 aliphatic rings. The monoisotopic (exact) mass is 464 g/mol. The molecule has 2 amide bonds. The molecule has 1 aliphatic heterocycles. The van der Waals surface area contributed by atoms with Gasteiger partial charge in [-0.3, -0.25) is 14.5 Å². The zero-order chi connectivity index (χ0) is 23.4. The number of benzene rings is 2. The zero-order valence-electron chi connectivity index (χ0n) is 17.8. The van der Waals surface area contributed by atoms with Gasteiger partial charge in [0.05, 0.1) is 29.0 Å². The molecule has 0 radical (unpaired) electrons. The number of aromatic nitrogens is 1. The summed E-state index contributed by atoms with van der Waals surface area (Å²) in [5.74, 6) is -2.00. The third-order valence-corrected chi connectivity index (χ3v) is 5.90. The summed E-state index contributed by atoms with van der Waals surface area (Å²) >= 11 is 1.10. The Morgan fingerprint density at radius 3 is 2.48 bits per heavy atom. The number of esters is 2. The summed E-state index contributed by atoms with van der Waals surface area (Å²) in [5, 5.41) is 1.79.